The van der Waals surface area contributed by atoms with Gasteiger partial charge in [0.15, 0.2) is 5.79 Å². The summed E-state index contributed by atoms with van der Waals surface area (Å²) in [4.78, 5) is 0. The van der Waals surface area contributed by atoms with Gasteiger partial charge in [0.25, 0.3) is 0 Å². The summed E-state index contributed by atoms with van der Waals surface area (Å²) in [5, 5.41) is 20.3. The second kappa shape index (κ2) is 4.34. The molecule has 1 aliphatic heterocycles. The second-order valence-electron chi connectivity index (χ2n) is 6.78. The molecule has 4 nitrogen and oxygen atoms in total. The molecular weight excluding hydrogens is 321 g/mol. The first-order valence-electron chi connectivity index (χ1n) is 6.81. The van der Waals surface area contributed by atoms with E-state index in [2.05, 4.69) is 12.2 Å². The van der Waals surface area contributed by atoms with Crippen LogP contribution in [0.1, 0.15) is 20.3 Å². The van der Waals surface area contributed by atoms with Crippen molar-refractivity contribution in [1.29, 1.82) is 0 Å². The summed E-state index contributed by atoms with van der Waals surface area (Å²) in [6.45, 7) is 3.92. The molecule has 19 heavy (non-hydrogen) atoms. The Morgan fingerprint density at radius 1 is 1.26 bits per heavy atom. The van der Waals surface area contributed by atoms with Crippen LogP contribution in [0.3, 0.4) is 0 Å². The molecule has 3 unspecified atom stereocenters. The molecule has 103 valence electrons. The van der Waals surface area contributed by atoms with E-state index in [9.17, 15) is 10.2 Å². The van der Waals surface area contributed by atoms with Gasteiger partial charge in [-0.1, -0.05) is 12.2 Å². The Morgan fingerprint density at radius 3 is 2.63 bits per heavy atom. The summed E-state index contributed by atoms with van der Waals surface area (Å²) in [6.07, 6.45) is 4.47. The molecule has 2 N–H and O–H groups in total. The number of hydrogen-bond acceptors (Lipinski definition) is 4. The van der Waals surface area contributed by atoms with Gasteiger partial charge >= 0.3 is 0 Å². The van der Waals surface area contributed by atoms with Gasteiger partial charge in [-0.25, -0.2) is 0 Å². The van der Waals surface area contributed by atoms with Gasteiger partial charge in [0.2, 0.25) is 0 Å². The molecular formula is C14H20O4Y. The first kappa shape index (κ1) is 14.6. The van der Waals surface area contributed by atoms with Gasteiger partial charge in [-0.05, 0) is 26.2 Å². The molecule has 0 amide bonds. The van der Waals surface area contributed by atoms with Gasteiger partial charge in [0.1, 0.15) is 6.10 Å². The minimum Gasteiger partial charge on any atom is -0.395 e. The third-order valence-corrected chi connectivity index (χ3v) is 5.41. The van der Waals surface area contributed by atoms with Gasteiger partial charge in [-0.2, -0.15) is 0 Å². The standard InChI is InChI=1S/C14H20O4.Y/c1-13(2)17-11-9-8(10(16)12(11)18-13)7-3-4-14(9,5-7)6-15;/h3-4,7-12,15-16H,5-6H2,1-2H3;/t7?,8?,9?,10-,11-,12+,14-;/m0./s1. The molecule has 5 heteroatoms. The molecule has 1 radical (unpaired) electrons. The number of aliphatic hydroxyl groups is 2. The Bertz CT molecular complexity index is 424. The largest absolute Gasteiger partial charge is 0.395 e. The molecule has 2 saturated carbocycles. The fourth-order valence-electron chi connectivity index (χ4n) is 4.86. The Labute approximate surface area is 138 Å². The molecule has 3 aliphatic carbocycles. The van der Waals surface area contributed by atoms with Crippen molar-refractivity contribution in [2.45, 2.75) is 44.4 Å². The van der Waals surface area contributed by atoms with Gasteiger partial charge in [0, 0.05) is 50.0 Å². The minimum absolute atomic E-state index is 0. The third kappa shape index (κ3) is 1.74. The van der Waals surface area contributed by atoms with Gasteiger partial charge < -0.3 is 19.7 Å². The Balaban J connectivity index is 0.00000110. The van der Waals surface area contributed by atoms with E-state index in [0.29, 0.717) is 5.92 Å². The molecule has 0 spiro atoms. The SMILES string of the molecule is CC1(C)O[C@@H]2[C@@H](O)C3C4C=C[C@@](CO)(C4)C3[C@@H]2O1.[Y]. The zero-order valence-electron chi connectivity index (χ0n) is 11.3. The van der Waals surface area contributed by atoms with Crippen molar-refractivity contribution in [2.24, 2.45) is 23.2 Å². The van der Waals surface area contributed by atoms with Crippen LogP contribution in [0.5, 0.6) is 0 Å². The Morgan fingerprint density at radius 2 is 1.95 bits per heavy atom. The summed E-state index contributed by atoms with van der Waals surface area (Å²) in [5.74, 6) is 0.134. The number of hydrogen-bond donors (Lipinski definition) is 2. The third-order valence-electron chi connectivity index (χ3n) is 5.41. The van der Waals surface area contributed by atoms with Crippen molar-refractivity contribution in [3.63, 3.8) is 0 Å². The maximum atomic E-state index is 10.5. The van der Waals surface area contributed by atoms with Crippen molar-refractivity contribution in [1.82, 2.24) is 0 Å². The summed E-state index contributed by atoms with van der Waals surface area (Å²) in [6, 6.07) is 0. The van der Waals surface area contributed by atoms with Crippen molar-refractivity contribution < 1.29 is 52.4 Å². The van der Waals surface area contributed by atoms with Crippen LogP contribution in [-0.2, 0) is 42.2 Å². The Kier molecular flexibility index (Phi) is 3.34. The van der Waals surface area contributed by atoms with E-state index in [1.165, 1.54) is 0 Å². The molecule has 7 atom stereocenters. The molecule has 1 saturated heterocycles. The number of rotatable bonds is 1. The van der Waals surface area contributed by atoms with E-state index in [4.69, 9.17) is 9.47 Å². The van der Waals surface area contributed by atoms with E-state index < -0.39 is 11.9 Å². The molecule has 2 bridgehead atoms. The first-order valence-corrected chi connectivity index (χ1v) is 6.81. The molecule has 3 fully saturated rings. The maximum Gasteiger partial charge on any atom is 0.163 e. The Hall–Kier alpha value is 0.684. The normalized spacial score (nSPS) is 56.0. The average molecular weight is 341 g/mol. The van der Waals surface area contributed by atoms with Gasteiger partial charge in [-0.15, -0.1) is 0 Å². The average Bonchev–Trinajstić information content (AvgIpc) is 2.99. The van der Waals surface area contributed by atoms with Crippen molar-refractivity contribution in [3.8, 4) is 0 Å². The predicted octanol–water partition coefficient (Wildman–Crippen LogP) is 0.679. The maximum absolute atomic E-state index is 10.5. The van der Waals surface area contributed by atoms with Crippen LogP contribution < -0.4 is 0 Å². The topological polar surface area (TPSA) is 58.9 Å². The number of allylic oxidation sites excluding steroid dienone is 1. The van der Waals surface area contributed by atoms with Crippen LogP contribution in [0, 0.1) is 23.2 Å². The van der Waals surface area contributed by atoms with Crippen LogP contribution in [0.2, 0.25) is 0 Å². The molecule has 0 aromatic carbocycles. The molecule has 4 aliphatic rings. The number of aliphatic hydroxyl groups excluding tert-OH is 2. The summed E-state index contributed by atoms with van der Waals surface area (Å²) in [5.41, 5.74) is -0.195. The van der Waals surface area contributed by atoms with E-state index >= 15 is 0 Å². The van der Waals surface area contributed by atoms with E-state index in [0.717, 1.165) is 6.42 Å². The molecule has 1 heterocycles. The van der Waals surface area contributed by atoms with E-state index in [-0.39, 0.29) is 68.8 Å². The second-order valence-corrected chi connectivity index (χ2v) is 6.78. The quantitative estimate of drug-likeness (QED) is 0.689. The zero-order chi connectivity index (χ0) is 12.7. The first-order chi connectivity index (χ1) is 8.47. The summed E-state index contributed by atoms with van der Waals surface area (Å²) >= 11 is 0. The monoisotopic (exact) mass is 341 g/mol. The van der Waals surface area contributed by atoms with Crippen LogP contribution >= 0.6 is 0 Å². The zero-order valence-corrected chi connectivity index (χ0v) is 14.2. The fraction of sp³-hybridized carbons (Fsp3) is 0.857. The van der Waals surface area contributed by atoms with Crippen molar-refractivity contribution in [3.05, 3.63) is 12.2 Å². The minimum atomic E-state index is -0.622. The number of ether oxygens (including phenoxy) is 2. The predicted molar refractivity (Wildman–Crippen MR) is 63.6 cm³/mol. The smallest absolute Gasteiger partial charge is 0.163 e. The molecule has 4 rings (SSSR count). The summed E-state index contributed by atoms with van der Waals surface area (Å²) in [7, 11) is 0. The summed E-state index contributed by atoms with van der Waals surface area (Å²) < 4.78 is 11.9. The van der Waals surface area contributed by atoms with Crippen molar-refractivity contribution in [2.75, 3.05) is 6.61 Å². The van der Waals surface area contributed by atoms with Crippen LogP contribution in [0.15, 0.2) is 12.2 Å². The van der Waals surface area contributed by atoms with E-state index in [1.807, 2.05) is 13.8 Å². The molecule has 0 aromatic rings. The molecule has 0 aromatic heterocycles. The van der Waals surface area contributed by atoms with Crippen LogP contribution in [0.25, 0.3) is 0 Å². The van der Waals surface area contributed by atoms with Crippen LogP contribution in [-0.4, -0.2) is 40.9 Å². The van der Waals surface area contributed by atoms with E-state index in [1.54, 1.807) is 0 Å². The van der Waals surface area contributed by atoms with Crippen molar-refractivity contribution >= 4 is 0 Å². The fourth-order valence-corrected chi connectivity index (χ4v) is 4.86. The number of fused-ring (bicyclic) bond motifs is 7. The van der Waals surface area contributed by atoms with Gasteiger partial charge in [-0.3, -0.25) is 0 Å². The van der Waals surface area contributed by atoms with Crippen LogP contribution in [0.4, 0.5) is 0 Å². The van der Waals surface area contributed by atoms with Gasteiger partial charge in [0.05, 0.1) is 18.8 Å².